The van der Waals surface area contributed by atoms with E-state index in [0.29, 0.717) is 5.56 Å². The monoisotopic (exact) mass is 251 g/mol. The zero-order valence-electron chi connectivity index (χ0n) is 10.4. The lowest BCUT2D eigenvalue weighted by atomic mass is 9.97. The SMILES string of the molecule is CC(C)(NC(=O)[C@@H](CO)c1ccccc1)C(=O)O. The highest BCUT2D eigenvalue weighted by atomic mass is 16.4. The van der Waals surface area contributed by atoms with Gasteiger partial charge < -0.3 is 15.5 Å². The quantitative estimate of drug-likeness (QED) is 0.720. The molecule has 0 bridgehead atoms. The van der Waals surface area contributed by atoms with E-state index in [4.69, 9.17) is 5.11 Å². The molecule has 0 heterocycles. The van der Waals surface area contributed by atoms with Crippen LogP contribution in [0.1, 0.15) is 25.3 Å². The Labute approximate surface area is 105 Å². The molecule has 5 nitrogen and oxygen atoms in total. The third-order valence-corrected chi connectivity index (χ3v) is 2.67. The first kappa shape index (κ1) is 14.2. The predicted molar refractivity (Wildman–Crippen MR) is 66.1 cm³/mol. The average molecular weight is 251 g/mol. The first-order valence-electron chi connectivity index (χ1n) is 5.59. The molecule has 0 fully saturated rings. The number of hydrogen-bond donors (Lipinski definition) is 3. The minimum atomic E-state index is -1.36. The molecule has 1 amide bonds. The highest BCUT2D eigenvalue weighted by Crippen LogP contribution is 2.16. The fourth-order valence-corrected chi connectivity index (χ4v) is 1.47. The van der Waals surface area contributed by atoms with Crippen molar-refractivity contribution in [3.63, 3.8) is 0 Å². The van der Waals surface area contributed by atoms with Crippen LogP contribution in [0.4, 0.5) is 0 Å². The summed E-state index contributed by atoms with van der Waals surface area (Å²) in [4.78, 5) is 22.9. The van der Waals surface area contributed by atoms with Crippen molar-refractivity contribution in [2.24, 2.45) is 0 Å². The fraction of sp³-hybridized carbons (Fsp3) is 0.385. The van der Waals surface area contributed by atoms with E-state index in [0.717, 1.165) is 0 Å². The summed E-state index contributed by atoms with van der Waals surface area (Å²) in [7, 11) is 0. The molecule has 0 spiro atoms. The lowest BCUT2D eigenvalue weighted by Gasteiger charge is -2.24. The molecule has 1 atom stereocenters. The number of carboxylic acid groups (broad SMARTS) is 1. The van der Waals surface area contributed by atoms with E-state index >= 15 is 0 Å². The number of amides is 1. The number of aliphatic carboxylic acids is 1. The molecule has 0 aliphatic carbocycles. The van der Waals surface area contributed by atoms with E-state index in [1.165, 1.54) is 13.8 Å². The molecule has 98 valence electrons. The third kappa shape index (κ3) is 3.30. The minimum Gasteiger partial charge on any atom is -0.480 e. The summed E-state index contributed by atoms with van der Waals surface area (Å²) >= 11 is 0. The maximum Gasteiger partial charge on any atom is 0.328 e. The average Bonchev–Trinajstić information content (AvgIpc) is 2.30. The summed E-state index contributed by atoms with van der Waals surface area (Å²) in [6, 6.07) is 8.75. The van der Waals surface area contributed by atoms with Crippen molar-refractivity contribution < 1.29 is 19.8 Å². The molecular formula is C13H17NO4. The van der Waals surface area contributed by atoms with Gasteiger partial charge in [0.2, 0.25) is 5.91 Å². The molecule has 0 radical (unpaired) electrons. The van der Waals surface area contributed by atoms with Crippen LogP contribution >= 0.6 is 0 Å². The molecule has 1 aromatic rings. The second kappa shape index (κ2) is 5.64. The van der Waals surface area contributed by atoms with E-state index < -0.39 is 23.3 Å². The van der Waals surface area contributed by atoms with Gasteiger partial charge in [-0.25, -0.2) is 4.79 Å². The van der Waals surface area contributed by atoms with Gasteiger partial charge in [-0.15, -0.1) is 0 Å². The van der Waals surface area contributed by atoms with Gasteiger partial charge in [0.1, 0.15) is 5.54 Å². The van der Waals surface area contributed by atoms with E-state index in [-0.39, 0.29) is 6.61 Å². The van der Waals surface area contributed by atoms with Crippen molar-refractivity contribution in [3.8, 4) is 0 Å². The van der Waals surface area contributed by atoms with Gasteiger partial charge in [0.25, 0.3) is 0 Å². The van der Waals surface area contributed by atoms with Crippen LogP contribution < -0.4 is 5.32 Å². The number of benzene rings is 1. The fourth-order valence-electron chi connectivity index (χ4n) is 1.47. The standard InChI is InChI=1S/C13H17NO4/c1-13(2,12(17)18)14-11(16)10(8-15)9-6-4-3-5-7-9/h3-7,10,15H,8H2,1-2H3,(H,14,16)(H,17,18)/t10-/m0/s1. The Balaban J connectivity index is 2.85. The molecule has 3 N–H and O–H groups in total. The summed E-state index contributed by atoms with van der Waals surface area (Å²) in [5.41, 5.74) is -0.710. The Morgan fingerprint density at radius 1 is 1.28 bits per heavy atom. The highest BCUT2D eigenvalue weighted by molar-refractivity contribution is 5.90. The number of carboxylic acids is 1. The Kier molecular flexibility index (Phi) is 4.44. The van der Waals surface area contributed by atoms with Gasteiger partial charge in [0.05, 0.1) is 12.5 Å². The molecular weight excluding hydrogens is 234 g/mol. The van der Waals surface area contributed by atoms with Crippen molar-refractivity contribution in [2.75, 3.05) is 6.61 Å². The maximum atomic E-state index is 12.0. The Morgan fingerprint density at radius 3 is 2.28 bits per heavy atom. The van der Waals surface area contributed by atoms with Crippen LogP contribution in [0, 0.1) is 0 Å². The molecule has 5 heteroatoms. The van der Waals surface area contributed by atoms with Crippen LogP contribution in [0.2, 0.25) is 0 Å². The topological polar surface area (TPSA) is 86.6 Å². The minimum absolute atomic E-state index is 0.369. The molecule has 18 heavy (non-hydrogen) atoms. The number of hydrogen-bond acceptors (Lipinski definition) is 3. The Bertz CT molecular complexity index is 428. The first-order valence-corrected chi connectivity index (χ1v) is 5.59. The van der Waals surface area contributed by atoms with Crippen LogP contribution in [-0.4, -0.2) is 34.2 Å². The van der Waals surface area contributed by atoms with Crippen LogP contribution in [-0.2, 0) is 9.59 Å². The van der Waals surface area contributed by atoms with Crippen LogP contribution in [0.15, 0.2) is 30.3 Å². The molecule has 0 unspecified atom stereocenters. The van der Waals surface area contributed by atoms with E-state index in [9.17, 15) is 14.7 Å². The van der Waals surface area contributed by atoms with Crippen molar-refractivity contribution >= 4 is 11.9 Å². The third-order valence-electron chi connectivity index (χ3n) is 2.67. The summed E-state index contributed by atoms with van der Waals surface area (Å²) < 4.78 is 0. The molecule has 0 aliphatic heterocycles. The van der Waals surface area contributed by atoms with Gasteiger partial charge in [-0.3, -0.25) is 4.79 Å². The smallest absolute Gasteiger partial charge is 0.328 e. The second-order valence-electron chi connectivity index (χ2n) is 4.57. The van der Waals surface area contributed by atoms with Crippen LogP contribution in [0.5, 0.6) is 0 Å². The van der Waals surface area contributed by atoms with Gasteiger partial charge in [-0.2, -0.15) is 0 Å². The number of carbonyl (C=O) groups excluding carboxylic acids is 1. The maximum absolute atomic E-state index is 12.0. The van der Waals surface area contributed by atoms with Gasteiger partial charge in [0.15, 0.2) is 0 Å². The van der Waals surface area contributed by atoms with Crippen molar-refractivity contribution in [2.45, 2.75) is 25.3 Å². The molecule has 1 rings (SSSR count). The zero-order valence-corrected chi connectivity index (χ0v) is 10.4. The zero-order chi connectivity index (χ0) is 13.8. The van der Waals surface area contributed by atoms with Gasteiger partial charge in [-0.05, 0) is 19.4 Å². The normalized spacial score (nSPS) is 12.8. The van der Waals surface area contributed by atoms with E-state index in [2.05, 4.69) is 5.32 Å². The van der Waals surface area contributed by atoms with Crippen molar-refractivity contribution in [1.29, 1.82) is 0 Å². The highest BCUT2D eigenvalue weighted by Gasteiger charge is 2.32. The summed E-state index contributed by atoms with van der Waals surface area (Å²) in [6.45, 7) is 2.42. The molecule has 1 aromatic carbocycles. The number of carbonyl (C=O) groups is 2. The van der Waals surface area contributed by atoms with Crippen molar-refractivity contribution in [1.82, 2.24) is 5.32 Å². The first-order chi connectivity index (χ1) is 8.38. The van der Waals surface area contributed by atoms with Gasteiger partial charge in [-0.1, -0.05) is 30.3 Å². The summed E-state index contributed by atoms with van der Waals surface area (Å²) in [5.74, 6) is -2.39. The van der Waals surface area contributed by atoms with E-state index in [1.54, 1.807) is 30.3 Å². The number of rotatable bonds is 5. The van der Waals surface area contributed by atoms with Gasteiger partial charge >= 0.3 is 5.97 Å². The van der Waals surface area contributed by atoms with Crippen molar-refractivity contribution in [3.05, 3.63) is 35.9 Å². The summed E-state index contributed by atoms with van der Waals surface area (Å²) in [5, 5.41) is 20.6. The number of aliphatic hydroxyl groups excluding tert-OH is 1. The molecule has 0 aliphatic rings. The van der Waals surface area contributed by atoms with Crippen LogP contribution in [0.25, 0.3) is 0 Å². The largest absolute Gasteiger partial charge is 0.480 e. The number of aliphatic hydroxyl groups is 1. The van der Waals surface area contributed by atoms with Gasteiger partial charge in [0, 0.05) is 0 Å². The second-order valence-corrected chi connectivity index (χ2v) is 4.57. The lowest BCUT2D eigenvalue weighted by Crippen LogP contribution is -2.51. The van der Waals surface area contributed by atoms with E-state index in [1.807, 2.05) is 0 Å². The predicted octanol–water partition coefficient (Wildman–Crippen LogP) is 0.742. The number of nitrogens with one attached hydrogen (secondary N) is 1. The Morgan fingerprint density at radius 2 is 1.83 bits per heavy atom. The summed E-state index contributed by atoms with van der Waals surface area (Å²) in [6.07, 6.45) is 0. The van der Waals surface area contributed by atoms with Crippen LogP contribution in [0.3, 0.4) is 0 Å². The molecule has 0 aromatic heterocycles. The molecule has 0 saturated carbocycles. The lowest BCUT2D eigenvalue weighted by molar-refractivity contribution is -0.146. The Hall–Kier alpha value is -1.88. The molecule has 0 saturated heterocycles.